The number of fused-ring (bicyclic) bond motifs is 2. The van der Waals surface area contributed by atoms with Crippen molar-refractivity contribution < 1.29 is 4.79 Å². The molecule has 0 aliphatic heterocycles. The number of aromatic nitrogens is 3. The summed E-state index contributed by atoms with van der Waals surface area (Å²) in [5.74, 6) is -0.0429. The van der Waals surface area contributed by atoms with Crippen molar-refractivity contribution in [3.8, 4) is 5.69 Å². The molecule has 6 nitrogen and oxygen atoms in total. The van der Waals surface area contributed by atoms with E-state index >= 15 is 0 Å². The van der Waals surface area contributed by atoms with Crippen LogP contribution in [0.1, 0.15) is 21.5 Å². The van der Waals surface area contributed by atoms with E-state index in [1.54, 1.807) is 10.6 Å². The van der Waals surface area contributed by atoms with Gasteiger partial charge in [-0.05, 0) is 42.8 Å². The van der Waals surface area contributed by atoms with Gasteiger partial charge in [0, 0.05) is 17.3 Å². The molecular formula is C25H20ClN5O. The molecule has 2 aromatic heterocycles. The molecule has 2 heterocycles. The first kappa shape index (κ1) is 20.0. The van der Waals surface area contributed by atoms with Gasteiger partial charge in [-0.3, -0.25) is 9.36 Å². The number of hydrogen-bond donors (Lipinski definition) is 2. The van der Waals surface area contributed by atoms with Gasteiger partial charge in [0.05, 0.1) is 11.0 Å². The summed E-state index contributed by atoms with van der Waals surface area (Å²) in [5, 5.41) is 3.52. The highest BCUT2D eigenvalue weighted by molar-refractivity contribution is 6.31. The number of halogens is 1. The molecule has 32 heavy (non-hydrogen) atoms. The number of nitrogens with zero attached hydrogens (tertiary/aromatic N) is 3. The fourth-order valence-corrected chi connectivity index (χ4v) is 3.95. The van der Waals surface area contributed by atoms with Crippen molar-refractivity contribution >= 4 is 45.5 Å². The zero-order valence-electron chi connectivity index (χ0n) is 17.3. The van der Waals surface area contributed by atoms with Crippen LogP contribution in [-0.4, -0.2) is 20.4 Å². The van der Waals surface area contributed by atoms with Crippen LogP contribution in [0.2, 0.25) is 5.02 Å². The van der Waals surface area contributed by atoms with Crippen molar-refractivity contribution in [1.82, 2.24) is 19.9 Å². The molecule has 3 N–H and O–H groups in total. The normalized spacial score (nSPS) is 11.2. The molecule has 3 aromatic carbocycles. The molecule has 0 atom stereocenters. The summed E-state index contributed by atoms with van der Waals surface area (Å²) in [4.78, 5) is 22.8. The Hall–Kier alpha value is -3.90. The molecule has 0 saturated heterocycles. The third-order valence-electron chi connectivity index (χ3n) is 5.41. The summed E-state index contributed by atoms with van der Waals surface area (Å²) in [7, 11) is 0. The van der Waals surface area contributed by atoms with E-state index < -0.39 is 0 Å². The number of aryl methyl sites for hydroxylation is 1. The van der Waals surface area contributed by atoms with Crippen molar-refractivity contribution in [3.05, 3.63) is 94.5 Å². The number of para-hydroxylation sites is 2. The van der Waals surface area contributed by atoms with Gasteiger partial charge in [0.25, 0.3) is 5.91 Å². The van der Waals surface area contributed by atoms with Crippen LogP contribution in [0.25, 0.3) is 27.9 Å². The predicted octanol–water partition coefficient (Wildman–Crippen LogP) is 5.05. The lowest BCUT2D eigenvalue weighted by Crippen LogP contribution is -2.24. The maximum Gasteiger partial charge on any atom is 0.257 e. The standard InChI is InChI=1S/C25H20ClN5O/c1-15-10-12-17(13-11-15)31-23(27)21(25(32)28-14-16-6-2-3-7-18(16)26)22-24(31)30-20-9-5-4-8-19(20)29-22/h2-13H,14,27H2,1H3,(H,28,32). The maximum absolute atomic E-state index is 13.3. The minimum Gasteiger partial charge on any atom is -0.384 e. The second-order valence-corrected chi connectivity index (χ2v) is 8.00. The lowest BCUT2D eigenvalue weighted by molar-refractivity contribution is 0.0953. The lowest BCUT2D eigenvalue weighted by Gasteiger charge is -2.09. The first-order valence-electron chi connectivity index (χ1n) is 10.2. The van der Waals surface area contributed by atoms with Crippen molar-refractivity contribution in [3.63, 3.8) is 0 Å². The molecular weight excluding hydrogens is 422 g/mol. The van der Waals surface area contributed by atoms with E-state index in [-0.39, 0.29) is 18.3 Å². The van der Waals surface area contributed by atoms with Crippen molar-refractivity contribution in [2.75, 3.05) is 5.73 Å². The summed E-state index contributed by atoms with van der Waals surface area (Å²) < 4.78 is 1.78. The number of nitrogens with one attached hydrogen (secondary N) is 1. The second-order valence-electron chi connectivity index (χ2n) is 7.59. The molecule has 0 bridgehead atoms. The Balaban J connectivity index is 1.66. The van der Waals surface area contributed by atoms with Gasteiger partial charge in [-0.15, -0.1) is 0 Å². The number of nitrogen functional groups attached to an aromatic ring is 1. The molecule has 5 aromatic rings. The highest BCUT2D eigenvalue weighted by Crippen LogP contribution is 2.31. The van der Waals surface area contributed by atoms with E-state index in [1.165, 1.54) is 0 Å². The number of carbonyl (C=O) groups is 1. The van der Waals surface area contributed by atoms with Crippen LogP contribution in [0, 0.1) is 6.92 Å². The van der Waals surface area contributed by atoms with E-state index in [2.05, 4.69) is 5.32 Å². The third-order valence-corrected chi connectivity index (χ3v) is 5.78. The molecule has 0 saturated carbocycles. The molecule has 0 aliphatic carbocycles. The molecule has 0 aliphatic rings. The van der Waals surface area contributed by atoms with Gasteiger partial charge in [0.1, 0.15) is 16.9 Å². The maximum atomic E-state index is 13.3. The molecule has 7 heteroatoms. The minimum absolute atomic E-state index is 0.274. The highest BCUT2D eigenvalue weighted by atomic mass is 35.5. The number of rotatable bonds is 4. The van der Waals surface area contributed by atoms with Gasteiger partial charge < -0.3 is 11.1 Å². The summed E-state index contributed by atoms with van der Waals surface area (Å²) in [6.07, 6.45) is 0. The van der Waals surface area contributed by atoms with E-state index in [1.807, 2.05) is 73.7 Å². The number of anilines is 1. The van der Waals surface area contributed by atoms with E-state index in [0.717, 1.165) is 22.3 Å². The number of nitrogens with two attached hydrogens (primary N) is 1. The first-order valence-corrected chi connectivity index (χ1v) is 10.6. The summed E-state index contributed by atoms with van der Waals surface area (Å²) >= 11 is 6.24. The fourth-order valence-electron chi connectivity index (χ4n) is 3.75. The Bertz CT molecular complexity index is 1470. The van der Waals surface area contributed by atoms with Gasteiger partial charge in [0.15, 0.2) is 5.65 Å². The van der Waals surface area contributed by atoms with Crippen molar-refractivity contribution in [2.24, 2.45) is 0 Å². The van der Waals surface area contributed by atoms with Gasteiger partial charge in [-0.2, -0.15) is 0 Å². The predicted molar refractivity (Wildman–Crippen MR) is 128 cm³/mol. The SMILES string of the molecule is Cc1ccc(-n2c(N)c(C(=O)NCc3ccccc3Cl)c3nc4ccccc4nc32)cc1. The highest BCUT2D eigenvalue weighted by Gasteiger charge is 2.24. The van der Waals surface area contributed by atoms with E-state index in [4.69, 9.17) is 27.3 Å². The second kappa shape index (κ2) is 7.98. The van der Waals surface area contributed by atoms with Crippen molar-refractivity contribution in [1.29, 1.82) is 0 Å². The average molecular weight is 442 g/mol. The average Bonchev–Trinajstić information content (AvgIpc) is 3.08. The molecule has 0 unspecified atom stereocenters. The Morgan fingerprint density at radius 2 is 1.62 bits per heavy atom. The third kappa shape index (κ3) is 3.44. The molecule has 0 spiro atoms. The van der Waals surface area contributed by atoms with E-state index in [9.17, 15) is 4.79 Å². The number of amides is 1. The van der Waals surface area contributed by atoms with Crippen LogP contribution < -0.4 is 11.1 Å². The van der Waals surface area contributed by atoms with Gasteiger partial charge in [-0.1, -0.05) is 59.6 Å². The van der Waals surface area contributed by atoms with Crippen LogP contribution >= 0.6 is 11.6 Å². The molecule has 158 valence electrons. The van der Waals surface area contributed by atoms with Crippen molar-refractivity contribution in [2.45, 2.75) is 13.5 Å². The zero-order valence-corrected chi connectivity index (χ0v) is 18.1. The van der Waals surface area contributed by atoms with Gasteiger partial charge in [0.2, 0.25) is 0 Å². The monoisotopic (exact) mass is 441 g/mol. The topological polar surface area (TPSA) is 85.8 Å². The van der Waals surface area contributed by atoms with Crippen LogP contribution in [-0.2, 0) is 6.54 Å². The van der Waals surface area contributed by atoms with Gasteiger partial charge in [-0.25, -0.2) is 9.97 Å². The zero-order chi connectivity index (χ0) is 22.2. The quantitative estimate of drug-likeness (QED) is 0.408. The Morgan fingerprint density at radius 1 is 0.969 bits per heavy atom. The largest absolute Gasteiger partial charge is 0.384 e. The van der Waals surface area contributed by atoms with E-state index in [0.29, 0.717) is 27.3 Å². The number of hydrogen-bond acceptors (Lipinski definition) is 4. The summed E-state index contributed by atoms with van der Waals surface area (Å²) in [5.41, 5.74) is 12.0. The van der Waals surface area contributed by atoms with Gasteiger partial charge >= 0.3 is 0 Å². The molecule has 1 amide bonds. The Labute approximate surface area is 189 Å². The Morgan fingerprint density at radius 3 is 2.34 bits per heavy atom. The molecule has 0 radical (unpaired) electrons. The number of benzene rings is 3. The van der Waals surface area contributed by atoms with Crippen LogP contribution in [0.15, 0.2) is 72.8 Å². The van der Waals surface area contributed by atoms with Crippen LogP contribution in [0.3, 0.4) is 0 Å². The number of carbonyl (C=O) groups excluding carboxylic acids is 1. The lowest BCUT2D eigenvalue weighted by atomic mass is 10.2. The van der Waals surface area contributed by atoms with Crippen LogP contribution in [0.4, 0.5) is 5.82 Å². The minimum atomic E-state index is -0.331. The van der Waals surface area contributed by atoms with Crippen LogP contribution in [0.5, 0.6) is 0 Å². The summed E-state index contributed by atoms with van der Waals surface area (Å²) in [6.45, 7) is 2.29. The molecule has 0 fully saturated rings. The fraction of sp³-hybridized carbons (Fsp3) is 0.0800. The Kier molecular flexibility index (Phi) is 4.99. The molecule has 5 rings (SSSR count). The first-order chi connectivity index (χ1) is 15.5. The smallest absolute Gasteiger partial charge is 0.257 e. The summed E-state index contributed by atoms with van der Waals surface area (Å²) in [6, 6.07) is 22.8.